The van der Waals surface area contributed by atoms with Crippen molar-refractivity contribution in [2.24, 2.45) is 11.7 Å². The van der Waals surface area contributed by atoms with Gasteiger partial charge in [0, 0.05) is 23.4 Å². The van der Waals surface area contributed by atoms with Gasteiger partial charge >= 0.3 is 12.1 Å². The molecular formula is C26H27F3N4O6. The summed E-state index contributed by atoms with van der Waals surface area (Å²) in [7, 11) is 1.31. The number of amides is 1. The summed E-state index contributed by atoms with van der Waals surface area (Å²) < 4.78 is 57.1. The van der Waals surface area contributed by atoms with Crippen LogP contribution in [0.25, 0.3) is 22.4 Å². The Hall–Kier alpha value is -3.71. The minimum Gasteiger partial charge on any atom is -0.494 e. The maximum atomic E-state index is 13.7. The number of carboxylic acids is 1. The summed E-state index contributed by atoms with van der Waals surface area (Å²) in [6.07, 6.45) is -4.66. The molecule has 0 bridgehead atoms. The number of hydrogen-bond donors (Lipinski definition) is 2. The topological polar surface area (TPSA) is 141 Å². The highest BCUT2D eigenvalue weighted by atomic mass is 19.4. The minimum absolute atomic E-state index is 0.0151. The van der Waals surface area contributed by atoms with E-state index in [1.807, 2.05) is 13.8 Å². The molecule has 2 aromatic heterocycles. The largest absolute Gasteiger partial charge is 0.494 e. The molecule has 0 aliphatic carbocycles. The van der Waals surface area contributed by atoms with Gasteiger partial charge in [0.05, 0.1) is 24.9 Å². The summed E-state index contributed by atoms with van der Waals surface area (Å²) in [5.41, 5.74) is 4.49. The second-order valence-corrected chi connectivity index (χ2v) is 10.5. The van der Waals surface area contributed by atoms with Gasteiger partial charge < -0.3 is 29.6 Å². The first kappa shape index (κ1) is 26.9. The van der Waals surface area contributed by atoms with Gasteiger partial charge in [0.2, 0.25) is 5.89 Å². The van der Waals surface area contributed by atoms with E-state index in [9.17, 15) is 27.9 Å². The van der Waals surface area contributed by atoms with E-state index in [0.717, 1.165) is 6.07 Å². The van der Waals surface area contributed by atoms with Crippen LogP contribution in [-0.4, -0.2) is 63.3 Å². The molecule has 10 nitrogen and oxygen atoms in total. The van der Waals surface area contributed by atoms with Gasteiger partial charge in [-0.05, 0) is 51.5 Å². The number of pyridine rings is 1. The number of aliphatic carboxylic acids is 1. The lowest BCUT2D eigenvalue weighted by molar-refractivity contribution is -0.143. The molecule has 0 radical (unpaired) electrons. The monoisotopic (exact) mass is 548 g/mol. The molecule has 2 saturated heterocycles. The Morgan fingerprint density at radius 2 is 1.95 bits per heavy atom. The van der Waals surface area contributed by atoms with Crippen LogP contribution in [0, 0.1) is 5.92 Å². The molecule has 0 unspecified atom stereocenters. The van der Waals surface area contributed by atoms with E-state index in [2.05, 4.69) is 9.97 Å². The highest BCUT2D eigenvalue weighted by Crippen LogP contribution is 2.44. The smallest absolute Gasteiger partial charge is 0.433 e. The molecule has 13 heteroatoms. The molecule has 208 valence electrons. The maximum Gasteiger partial charge on any atom is 0.433 e. The predicted molar refractivity (Wildman–Crippen MR) is 131 cm³/mol. The quantitative estimate of drug-likeness (QED) is 0.483. The first-order chi connectivity index (χ1) is 18.2. The van der Waals surface area contributed by atoms with Crippen molar-refractivity contribution in [3.8, 4) is 17.2 Å². The van der Waals surface area contributed by atoms with E-state index >= 15 is 0 Å². The van der Waals surface area contributed by atoms with Crippen molar-refractivity contribution in [2.75, 3.05) is 13.7 Å². The number of carboxylic acid groups (broad SMARTS) is 1. The number of nitrogens with two attached hydrogens (primary N) is 1. The minimum atomic E-state index is -4.67. The molecule has 4 atom stereocenters. The number of aromatic nitrogens is 2. The third-order valence-corrected chi connectivity index (χ3v) is 7.14. The first-order valence-corrected chi connectivity index (χ1v) is 12.2. The Kier molecular flexibility index (Phi) is 6.34. The van der Waals surface area contributed by atoms with E-state index in [4.69, 9.17) is 19.6 Å². The number of hydrogen-bond acceptors (Lipinski definition) is 8. The number of rotatable bonds is 5. The van der Waals surface area contributed by atoms with Gasteiger partial charge in [0.15, 0.2) is 11.5 Å². The zero-order chi connectivity index (χ0) is 28.4. The number of carbonyl (C=O) groups is 2. The van der Waals surface area contributed by atoms with Crippen LogP contribution >= 0.6 is 0 Å². The fourth-order valence-electron chi connectivity index (χ4n) is 5.54. The molecule has 0 spiro atoms. The maximum absolute atomic E-state index is 13.7. The van der Waals surface area contributed by atoms with E-state index in [0.29, 0.717) is 6.42 Å². The Bertz CT molecular complexity index is 1470. The lowest BCUT2D eigenvalue weighted by Gasteiger charge is -2.26. The van der Waals surface area contributed by atoms with E-state index in [1.165, 1.54) is 30.2 Å². The van der Waals surface area contributed by atoms with Crippen LogP contribution in [0.3, 0.4) is 0 Å². The average molecular weight is 549 g/mol. The van der Waals surface area contributed by atoms with Crippen molar-refractivity contribution < 1.29 is 41.8 Å². The Morgan fingerprint density at radius 3 is 2.56 bits per heavy atom. The van der Waals surface area contributed by atoms with Crippen molar-refractivity contribution in [1.29, 1.82) is 0 Å². The van der Waals surface area contributed by atoms with Crippen molar-refractivity contribution in [3.05, 3.63) is 41.4 Å². The van der Waals surface area contributed by atoms with Crippen LogP contribution in [0.1, 0.15) is 55.2 Å². The number of fused-ring (bicyclic) bond motifs is 2. The van der Waals surface area contributed by atoms with Gasteiger partial charge in [-0.1, -0.05) is 0 Å². The van der Waals surface area contributed by atoms with Gasteiger partial charge in [-0.3, -0.25) is 4.79 Å². The summed E-state index contributed by atoms with van der Waals surface area (Å²) in [6, 6.07) is 3.07. The third kappa shape index (κ3) is 4.59. The first-order valence-electron chi connectivity index (χ1n) is 12.2. The summed E-state index contributed by atoms with van der Waals surface area (Å²) >= 11 is 0. The van der Waals surface area contributed by atoms with Crippen molar-refractivity contribution in [1.82, 2.24) is 14.9 Å². The van der Waals surface area contributed by atoms with Crippen LogP contribution in [0.4, 0.5) is 13.2 Å². The van der Waals surface area contributed by atoms with Gasteiger partial charge in [0.1, 0.15) is 23.0 Å². The van der Waals surface area contributed by atoms with Crippen molar-refractivity contribution >= 4 is 22.8 Å². The highest BCUT2D eigenvalue weighted by Gasteiger charge is 2.56. The number of likely N-dealkylation sites (tertiary alicyclic amines) is 1. The van der Waals surface area contributed by atoms with Crippen LogP contribution < -0.4 is 10.5 Å². The number of halogens is 3. The number of oxazole rings is 1. The number of methoxy groups -OCH3 is 1. The molecule has 2 aliphatic heterocycles. The van der Waals surface area contributed by atoms with Gasteiger partial charge in [-0.2, -0.15) is 13.2 Å². The molecule has 1 aromatic carbocycles. The Labute approximate surface area is 220 Å². The summed E-state index contributed by atoms with van der Waals surface area (Å²) in [5.74, 6) is -2.20. The Balaban J connectivity index is 1.58. The summed E-state index contributed by atoms with van der Waals surface area (Å²) in [4.78, 5) is 35.3. The third-order valence-electron chi connectivity index (χ3n) is 7.14. The fraction of sp³-hybridized carbons (Fsp3) is 0.462. The van der Waals surface area contributed by atoms with Crippen molar-refractivity contribution in [3.63, 3.8) is 0 Å². The second-order valence-electron chi connectivity index (χ2n) is 10.5. The van der Waals surface area contributed by atoms with Crippen LogP contribution in [0.15, 0.2) is 28.7 Å². The number of benzene rings is 1. The molecule has 2 aliphatic rings. The average Bonchev–Trinajstić information content (AvgIpc) is 3.51. The highest BCUT2D eigenvalue weighted by molar-refractivity contribution is 5.99. The van der Waals surface area contributed by atoms with E-state index < -0.39 is 53.5 Å². The zero-order valence-corrected chi connectivity index (χ0v) is 21.6. The van der Waals surface area contributed by atoms with E-state index in [-0.39, 0.29) is 46.1 Å². The standard InChI is InChI=1S/C26H27F3N4O6/c1-11(30)21-19(23(34)33-10-16-14(20(33)24(35)36)9-25(2,3)39-16)32-22(38-21)13-5-7-15(37-4)18-12(13)6-8-17(31-18)26(27,28)29/h5-8,11,14,16,20H,9-10,30H2,1-4H3,(H,35,36)/t11-,14-,16-,20-/m0/s1. The van der Waals surface area contributed by atoms with Crippen LogP contribution in [-0.2, 0) is 15.7 Å². The SMILES string of the molecule is COc1ccc(-c2nc(C(=O)N3C[C@@H]4OC(C)(C)C[C@@H]4[C@H]3C(=O)O)c([C@H](C)N)o2)c2ccc(C(F)(F)F)nc12. The number of alkyl halides is 3. The van der Waals surface area contributed by atoms with Gasteiger partial charge in [-0.15, -0.1) is 0 Å². The number of nitrogens with zero attached hydrogens (tertiary/aromatic N) is 3. The van der Waals surface area contributed by atoms with Gasteiger partial charge in [-0.25, -0.2) is 14.8 Å². The normalized spacial score (nSPS) is 23.2. The molecule has 1 amide bonds. The molecule has 2 fully saturated rings. The number of carbonyl (C=O) groups excluding carboxylic acids is 1. The molecular weight excluding hydrogens is 521 g/mol. The fourth-order valence-corrected chi connectivity index (χ4v) is 5.54. The molecule has 3 aromatic rings. The lowest BCUT2D eigenvalue weighted by Crippen LogP contribution is -2.44. The molecule has 39 heavy (non-hydrogen) atoms. The zero-order valence-electron chi connectivity index (χ0n) is 21.6. The van der Waals surface area contributed by atoms with Crippen molar-refractivity contribution in [2.45, 2.75) is 57.2 Å². The molecule has 4 heterocycles. The molecule has 5 rings (SSSR count). The van der Waals surface area contributed by atoms with E-state index in [1.54, 1.807) is 6.92 Å². The van der Waals surface area contributed by atoms with Gasteiger partial charge in [0.25, 0.3) is 5.91 Å². The lowest BCUT2D eigenvalue weighted by atomic mass is 9.90. The summed E-state index contributed by atoms with van der Waals surface area (Å²) in [5, 5.41) is 10.2. The Morgan fingerprint density at radius 1 is 1.23 bits per heavy atom. The summed E-state index contributed by atoms with van der Waals surface area (Å²) in [6.45, 7) is 5.38. The molecule has 0 saturated carbocycles. The molecule has 3 N–H and O–H groups in total. The second kappa shape index (κ2) is 9.19. The van der Waals surface area contributed by atoms with Crippen LogP contribution in [0.2, 0.25) is 0 Å². The number of ether oxygens (including phenoxy) is 2. The van der Waals surface area contributed by atoms with Crippen LogP contribution in [0.5, 0.6) is 5.75 Å². The predicted octanol–water partition coefficient (Wildman–Crippen LogP) is 4.03.